The van der Waals surface area contributed by atoms with Crippen molar-refractivity contribution in [3.8, 4) is 0 Å². The summed E-state index contributed by atoms with van der Waals surface area (Å²) in [4.78, 5) is 11.1. The van der Waals surface area contributed by atoms with E-state index in [-0.39, 0.29) is 0 Å². The highest BCUT2D eigenvalue weighted by Crippen LogP contribution is 2.21. The summed E-state index contributed by atoms with van der Waals surface area (Å²) in [5, 5.41) is 6.77. The molecule has 1 aliphatic rings. The maximum atomic E-state index is 11.1. The molecule has 1 saturated heterocycles. The molecule has 1 unspecified atom stereocenters. The van der Waals surface area contributed by atoms with E-state index >= 15 is 0 Å². The highest BCUT2D eigenvalue weighted by Gasteiger charge is 2.13. The molecule has 0 saturated carbocycles. The number of amides is 1. The topological polar surface area (TPSA) is 67.2 Å². The molecule has 1 amide bonds. The number of hydrogen-bond donors (Lipinski definition) is 3. The summed E-state index contributed by atoms with van der Waals surface area (Å²) in [5.41, 5.74) is 6.74. The van der Waals surface area contributed by atoms with Crippen LogP contribution in [0.3, 0.4) is 0 Å². The average Bonchev–Trinajstić information content (AvgIpc) is 2.78. The van der Waals surface area contributed by atoms with Gasteiger partial charge in [-0.15, -0.1) is 0 Å². The molecule has 0 aliphatic carbocycles. The zero-order valence-corrected chi connectivity index (χ0v) is 11.1. The van der Waals surface area contributed by atoms with Crippen molar-refractivity contribution in [2.24, 2.45) is 5.73 Å². The molecular formula is C12H16BrN3O. The van der Waals surface area contributed by atoms with Crippen molar-refractivity contribution < 1.29 is 4.79 Å². The van der Waals surface area contributed by atoms with E-state index in [4.69, 9.17) is 5.73 Å². The van der Waals surface area contributed by atoms with Gasteiger partial charge in [0, 0.05) is 22.7 Å². The number of halogens is 1. The first-order valence-electron chi connectivity index (χ1n) is 5.73. The van der Waals surface area contributed by atoms with Gasteiger partial charge in [-0.25, -0.2) is 0 Å². The molecule has 5 heteroatoms. The summed E-state index contributed by atoms with van der Waals surface area (Å²) in [6.45, 7) is 2.01. The zero-order chi connectivity index (χ0) is 12.3. The Morgan fingerprint density at radius 1 is 1.59 bits per heavy atom. The maximum Gasteiger partial charge on any atom is 0.249 e. The summed E-state index contributed by atoms with van der Waals surface area (Å²) in [7, 11) is 0. The lowest BCUT2D eigenvalue weighted by Gasteiger charge is -2.13. The number of carbonyl (C=O) groups is 1. The van der Waals surface area contributed by atoms with Crippen molar-refractivity contribution >= 4 is 27.5 Å². The Labute approximate surface area is 109 Å². The second kappa shape index (κ2) is 5.51. The molecule has 1 aliphatic heterocycles. The fourth-order valence-electron chi connectivity index (χ4n) is 2.00. The fraction of sp³-hybridized carbons (Fsp3) is 0.417. The molecule has 1 heterocycles. The van der Waals surface area contributed by atoms with Gasteiger partial charge in [0.15, 0.2) is 0 Å². The molecule has 92 valence electrons. The maximum absolute atomic E-state index is 11.1. The van der Waals surface area contributed by atoms with Gasteiger partial charge in [-0.2, -0.15) is 0 Å². The molecule has 1 aromatic rings. The molecule has 2 rings (SSSR count). The van der Waals surface area contributed by atoms with Crippen LogP contribution in [0.5, 0.6) is 0 Å². The van der Waals surface area contributed by atoms with Crippen LogP contribution in [-0.2, 0) is 0 Å². The fourth-order valence-corrected chi connectivity index (χ4v) is 2.57. The van der Waals surface area contributed by atoms with Crippen LogP contribution in [0.15, 0.2) is 22.7 Å². The van der Waals surface area contributed by atoms with Crippen molar-refractivity contribution in [2.45, 2.75) is 18.9 Å². The van der Waals surface area contributed by atoms with Gasteiger partial charge in [-0.05, 0) is 53.5 Å². The Kier molecular flexibility index (Phi) is 4.02. The first-order valence-corrected chi connectivity index (χ1v) is 6.53. The summed E-state index contributed by atoms with van der Waals surface area (Å²) in [5.74, 6) is -0.416. The zero-order valence-electron chi connectivity index (χ0n) is 9.50. The van der Waals surface area contributed by atoms with E-state index in [1.165, 1.54) is 12.8 Å². The largest absolute Gasteiger partial charge is 0.383 e. The third kappa shape index (κ3) is 3.20. The molecule has 1 fully saturated rings. The van der Waals surface area contributed by atoms with Crippen LogP contribution < -0.4 is 16.4 Å². The van der Waals surface area contributed by atoms with Gasteiger partial charge in [0.2, 0.25) is 5.91 Å². The van der Waals surface area contributed by atoms with Gasteiger partial charge in [0.05, 0.1) is 5.56 Å². The van der Waals surface area contributed by atoms with Crippen LogP contribution in [-0.4, -0.2) is 25.0 Å². The van der Waals surface area contributed by atoms with Crippen molar-refractivity contribution in [1.82, 2.24) is 5.32 Å². The minimum Gasteiger partial charge on any atom is -0.383 e. The van der Waals surface area contributed by atoms with Crippen molar-refractivity contribution in [1.29, 1.82) is 0 Å². The number of rotatable bonds is 4. The Morgan fingerprint density at radius 2 is 2.41 bits per heavy atom. The van der Waals surface area contributed by atoms with Crippen LogP contribution in [0.25, 0.3) is 0 Å². The van der Waals surface area contributed by atoms with Gasteiger partial charge < -0.3 is 16.4 Å². The van der Waals surface area contributed by atoms with E-state index in [1.807, 2.05) is 12.1 Å². The van der Waals surface area contributed by atoms with Crippen molar-refractivity contribution in [2.75, 3.05) is 18.4 Å². The van der Waals surface area contributed by atoms with Crippen molar-refractivity contribution in [3.05, 3.63) is 28.2 Å². The van der Waals surface area contributed by atoms with E-state index in [2.05, 4.69) is 26.6 Å². The van der Waals surface area contributed by atoms with Crippen LogP contribution in [0, 0.1) is 0 Å². The molecule has 0 bridgehead atoms. The molecule has 0 aromatic heterocycles. The van der Waals surface area contributed by atoms with Gasteiger partial charge in [0.25, 0.3) is 0 Å². The number of nitrogens with two attached hydrogens (primary N) is 1. The Bertz CT molecular complexity index is 416. The van der Waals surface area contributed by atoms with Gasteiger partial charge in [0.1, 0.15) is 0 Å². The third-order valence-electron chi connectivity index (χ3n) is 2.95. The molecule has 1 atom stereocenters. The number of hydrogen-bond acceptors (Lipinski definition) is 3. The van der Waals surface area contributed by atoms with E-state index in [0.717, 1.165) is 23.2 Å². The van der Waals surface area contributed by atoms with E-state index in [0.29, 0.717) is 11.6 Å². The van der Waals surface area contributed by atoms with E-state index in [9.17, 15) is 4.79 Å². The molecule has 4 N–H and O–H groups in total. The number of carbonyl (C=O) groups excluding carboxylic acids is 1. The normalized spacial score (nSPS) is 19.2. The predicted octanol–water partition coefficient (Wildman–Crippen LogP) is 1.71. The van der Waals surface area contributed by atoms with Crippen LogP contribution in [0.2, 0.25) is 0 Å². The summed E-state index contributed by atoms with van der Waals surface area (Å²) in [6.07, 6.45) is 2.46. The smallest absolute Gasteiger partial charge is 0.249 e. The van der Waals surface area contributed by atoms with Gasteiger partial charge in [-0.3, -0.25) is 4.79 Å². The highest BCUT2D eigenvalue weighted by atomic mass is 79.9. The van der Waals surface area contributed by atoms with Gasteiger partial charge >= 0.3 is 0 Å². The highest BCUT2D eigenvalue weighted by molar-refractivity contribution is 9.10. The SMILES string of the molecule is NC(=O)c1ccc(NCC2CCCN2)cc1Br. The van der Waals surface area contributed by atoms with E-state index in [1.54, 1.807) is 6.07 Å². The molecule has 4 nitrogen and oxygen atoms in total. The Morgan fingerprint density at radius 3 is 3.00 bits per heavy atom. The lowest BCUT2D eigenvalue weighted by molar-refractivity contribution is 0.0999. The molecule has 0 spiro atoms. The number of nitrogens with one attached hydrogen (secondary N) is 2. The number of primary amides is 1. The lowest BCUT2D eigenvalue weighted by Crippen LogP contribution is -2.29. The Hall–Kier alpha value is -1.07. The predicted molar refractivity (Wildman–Crippen MR) is 72.2 cm³/mol. The van der Waals surface area contributed by atoms with Gasteiger partial charge in [-0.1, -0.05) is 0 Å². The Balaban J connectivity index is 1.97. The first kappa shape index (κ1) is 12.4. The second-order valence-corrected chi connectivity index (χ2v) is 5.09. The number of anilines is 1. The standard InChI is InChI=1S/C12H16BrN3O/c13-11-6-8(3-4-10(11)12(14)17)16-7-9-2-1-5-15-9/h3-4,6,9,15-16H,1-2,5,7H2,(H2,14,17). The first-order chi connectivity index (χ1) is 8.16. The van der Waals surface area contributed by atoms with Crippen LogP contribution >= 0.6 is 15.9 Å². The second-order valence-electron chi connectivity index (χ2n) is 4.23. The molecular weight excluding hydrogens is 282 g/mol. The average molecular weight is 298 g/mol. The monoisotopic (exact) mass is 297 g/mol. The summed E-state index contributed by atoms with van der Waals surface area (Å²) in [6, 6.07) is 6.04. The molecule has 1 aromatic carbocycles. The minimum absolute atomic E-state index is 0.416. The molecule has 0 radical (unpaired) electrons. The number of benzene rings is 1. The van der Waals surface area contributed by atoms with E-state index < -0.39 is 5.91 Å². The van der Waals surface area contributed by atoms with Crippen LogP contribution in [0.4, 0.5) is 5.69 Å². The summed E-state index contributed by atoms with van der Waals surface area (Å²) < 4.78 is 0.731. The van der Waals surface area contributed by atoms with Crippen LogP contribution in [0.1, 0.15) is 23.2 Å². The molecule has 17 heavy (non-hydrogen) atoms. The third-order valence-corrected chi connectivity index (χ3v) is 3.61. The summed E-state index contributed by atoms with van der Waals surface area (Å²) >= 11 is 3.34. The minimum atomic E-state index is -0.416. The van der Waals surface area contributed by atoms with Crippen molar-refractivity contribution in [3.63, 3.8) is 0 Å². The quantitative estimate of drug-likeness (QED) is 0.793. The lowest BCUT2D eigenvalue weighted by atomic mass is 10.2.